The first-order valence-corrected chi connectivity index (χ1v) is 12.0. The Bertz CT molecular complexity index is 1040. The van der Waals surface area contributed by atoms with Crippen LogP contribution in [0.1, 0.15) is 80.5 Å². The zero-order valence-electron chi connectivity index (χ0n) is 19.4. The minimum atomic E-state index is -0.662. The van der Waals surface area contributed by atoms with E-state index in [9.17, 15) is 9.90 Å². The van der Waals surface area contributed by atoms with Crippen molar-refractivity contribution in [3.8, 4) is 11.5 Å². The van der Waals surface area contributed by atoms with Gasteiger partial charge in [0.2, 0.25) is 0 Å². The van der Waals surface area contributed by atoms with E-state index in [-0.39, 0.29) is 16.7 Å². The number of ether oxygens (including phenoxy) is 2. The third kappa shape index (κ3) is 3.58. The second-order valence-corrected chi connectivity index (χ2v) is 10.7. The first-order valence-electron chi connectivity index (χ1n) is 12.0. The molecule has 2 aromatic rings. The maximum absolute atomic E-state index is 11.6. The molecule has 0 saturated heterocycles. The van der Waals surface area contributed by atoms with Gasteiger partial charge in [-0.2, -0.15) is 0 Å². The minimum absolute atomic E-state index is 0.167. The van der Waals surface area contributed by atoms with E-state index in [4.69, 9.17) is 9.47 Å². The van der Waals surface area contributed by atoms with Gasteiger partial charge in [-0.25, -0.2) is 0 Å². The van der Waals surface area contributed by atoms with Crippen LogP contribution in [0, 0.1) is 11.3 Å². The summed E-state index contributed by atoms with van der Waals surface area (Å²) < 4.78 is 11.9. The maximum Gasteiger partial charge on any atom is 0.307 e. The second-order valence-electron chi connectivity index (χ2n) is 10.7. The third-order valence-electron chi connectivity index (χ3n) is 8.39. The van der Waals surface area contributed by atoms with E-state index in [0.717, 1.165) is 42.7 Å². The SMILES string of the molecule is COc1ccc(COc2ccc3c(c2)C2(CCC3)C[C@@H]2C(=O)O)cc1[C@@H]1CCCC1(C)C. The van der Waals surface area contributed by atoms with Crippen molar-refractivity contribution in [3.05, 3.63) is 58.7 Å². The molecule has 170 valence electrons. The van der Waals surface area contributed by atoms with Gasteiger partial charge in [-0.3, -0.25) is 4.79 Å². The van der Waals surface area contributed by atoms with Gasteiger partial charge < -0.3 is 14.6 Å². The second kappa shape index (κ2) is 7.83. The minimum Gasteiger partial charge on any atom is -0.496 e. The summed E-state index contributed by atoms with van der Waals surface area (Å²) in [7, 11) is 1.75. The number of aryl methyl sites for hydroxylation is 1. The van der Waals surface area contributed by atoms with Crippen LogP contribution in [0.2, 0.25) is 0 Å². The molecular weight excluding hydrogens is 400 g/mol. The first kappa shape index (κ1) is 21.4. The number of carbonyl (C=O) groups is 1. The van der Waals surface area contributed by atoms with Crippen LogP contribution in [-0.4, -0.2) is 18.2 Å². The summed E-state index contributed by atoms with van der Waals surface area (Å²) in [4.78, 5) is 11.6. The molecule has 2 aromatic carbocycles. The highest BCUT2D eigenvalue weighted by Gasteiger charge is 2.60. The molecule has 0 amide bonds. The highest BCUT2D eigenvalue weighted by Crippen LogP contribution is 2.60. The zero-order chi connectivity index (χ0) is 22.5. The summed E-state index contributed by atoms with van der Waals surface area (Å²) in [6.07, 6.45) is 7.54. The summed E-state index contributed by atoms with van der Waals surface area (Å²) >= 11 is 0. The Hall–Kier alpha value is -2.49. The standard InChI is InChI=1S/C28H34O4/c1-27(2)12-5-7-22(27)21-14-18(8-11-25(21)31-3)17-32-20-10-9-19-6-4-13-28(23(19)15-20)16-24(28)26(29)30/h8-11,14-15,22,24H,4-7,12-13,16-17H2,1-3H3,(H,29,30)/t22-,24+,28?/m0/s1. The first-order chi connectivity index (χ1) is 15.3. The molecule has 0 aromatic heterocycles. The molecule has 1 spiro atoms. The van der Waals surface area contributed by atoms with Gasteiger partial charge in [-0.15, -0.1) is 0 Å². The Morgan fingerprint density at radius 3 is 2.66 bits per heavy atom. The lowest BCUT2D eigenvalue weighted by Crippen LogP contribution is -2.21. The number of benzene rings is 2. The van der Waals surface area contributed by atoms with Crippen LogP contribution in [0.5, 0.6) is 11.5 Å². The molecule has 2 saturated carbocycles. The lowest BCUT2D eigenvalue weighted by molar-refractivity contribution is -0.139. The van der Waals surface area contributed by atoms with Crippen molar-refractivity contribution in [1.82, 2.24) is 0 Å². The highest BCUT2D eigenvalue weighted by atomic mass is 16.5. The summed E-state index contributed by atoms with van der Waals surface area (Å²) in [6, 6.07) is 12.7. The van der Waals surface area contributed by atoms with Gasteiger partial charge in [-0.05, 0) is 96.4 Å². The predicted octanol–water partition coefficient (Wildman–Crippen LogP) is 6.25. The quantitative estimate of drug-likeness (QED) is 0.584. The largest absolute Gasteiger partial charge is 0.496 e. The molecule has 0 radical (unpaired) electrons. The van der Waals surface area contributed by atoms with Gasteiger partial charge in [0, 0.05) is 5.41 Å². The molecule has 32 heavy (non-hydrogen) atoms. The number of aliphatic carboxylic acids is 1. The smallest absolute Gasteiger partial charge is 0.307 e. The Kier molecular flexibility index (Phi) is 5.22. The molecular formula is C28H34O4. The molecule has 0 heterocycles. The van der Waals surface area contributed by atoms with Crippen LogP contribution in [0.15, 0.2) is 36.4 Å². The summed E-state index contributed by atoms with van der Waals surface area (Å²) in [5.41, 5.74) is 5.05. The van der Waals surface area contributed by atoms with Crippen LogP contribution in [0.4, 0.5) is 0 Å². The monoisotopic (exact) mass is 434 g/mol. The van der Waals surface area contributed by atoms with E-state index in [0.29, 0.717) is 12.5 Å². The van der Waals surface area contributed by atoms with Crippen molar-refractivity contribution in [2.24, 2.45) is 11.3 Å². The van der Waals surface area contributed by atoms with Crippen molar-refractivity contribution >= 4 is 5.97 Å². The molecule has 1 unspecified atom stereocenters. The van der Waals surface area contributed by atoms with E-state index in [1.165, 1.54) is 36.0 Å². The number of carboxylic acid groups (broad SMARTS) is 1. The van der Waals surface area contributed by atoms with Crippen LogP contribution in [-0.2, 0) is 23.2 Å². The average molecular weight is 435 g/mol. The van der Waals surface area contributed by atoms with Crippen molar-refractivity contribution in [1.29, 1.82) is 0 Å². The zero-order valence-corrected chi connectivity index (χ0v) is 19.4. The predicted molar refractivity (Wildman–Crippen MR) is 124 cm³/mol. The molecule has 4 nitrogen and oxygen atoms in total. The lowest BCUT2D eigenvalue weighted by atomic mass is 9.77. The molecule has 2 fully saturated rings. The number of methoxy groups -OCH3 is 1. The number of fused-ring (bicyclic) bond motifs is 2. The van der Waals surface area contributed by atoms with Gasteiger partial charge in [0.1, 0.15) is 18.1 Å². The molecule has 0 aliphatic heterocycles. The average Bonchev–Trinajstić information content (AvgIpc) is 3.39. The van der Waals surface area contributed by atoms with Gasteiger partial charge in [0.05, 0.1) is 13.0 Å². The van der Waals surface area contributed by atoms with E-state index < -0.39 is 5.97 Å². The summed E-state index contributed by atoms with van der Waals surface area (Å²) in [5, 5.41) is 9.57. The molecule has 3 aliphatic rings. The van der Waals surface area contributed by atoms with Crippen LogP contribution in [0.25, 0.3) is 0 Å². The molecule has 1 N–H and O–H groups in total. The van der Waals surface area contributed by atoms with Crippen molar-refractivity contribution in [3.63, 3.8) is 0 Å². The normalized spacial score (nSPS) is 27.7. The van der Waals surface area contributed by atoms with Gasteiger partial charge in [0.25, 0.3) is 0 Å². The van der Waals surface area contributed by atoms with Gasteiger partial charge >= 0.3 is 5.97 Å². The molecule has 3 atom stereocenters. The van der Waals surface area contributed by atoms with Crippen LogP contribution in [0.3, 0.4) is 0 Å². The third-order valence-corrected chi connectivity index (χ3v) is 8.39. The topological polar surface area (TPSA) is 55.8 Å². The van der Waals surface area contributed by atoms with E-state index >= 15 is 0 Å². The highest BCUT2D eigenvalue weighted by molar-refractivity contribution is 5.78. The van der Waals surface area contributed by atoms with Gasteiger partial charge in [-0.1, -0.05) is 32.4 Å². The van der Waals surface area contributed by atoms with Gasteiger partial charge in [0.15, 0.2) is 0 Å². The van der Waals surface area contributed by atoms with E-state index in [2.05, 4.69) is 44.2 Å². The Labute approximate surface area is 190 Å². The van der Waals surface area contributed by atoms with E-state index in [1.807, 2.05) is 6.07 Å². The lowest BCUT2D eigenvalue weighted by Gasteiger charge is -2.29. The molecule has 4 heteroatoms. The fourth-order valence-electron chi connectivity index (χ4n) is 6.47. The Balaban J connectivity index is 1.36. The number of hydrogen-bond acceptors (Lipinski definition) is 3. The fraction of sp³-hybridized carbons (Fsp3) is 0.536. The fourth-order valence-corrected chi connectivity index (χ4v) is 6.47. The maximum atomic E-state index is 11.6. The van der Waals surface area contributed by atoms with E-state index in [1.54, 1.807) is 7.11 Å². The molecule has 3 aliphatic carbocycles. The number of carboxylic acids is 1. The summed E-state index contributed by atoms with van der Waals surface area (Å²) in [6.45, 7) is 5.22. The Morgan fingerprint density at radius 1 is 1.12 bits per heavy atom. The molecule has 0 bridgehead atoms. The molecule has 5 rings (SSSR count). The number of rotatable bonds is 6. The van der Waals surface area contributed by atoms with Crippen molar-refractivity contribution in [2.75, 3.05) is 7.11 Å². The van der Waals surface area contributed by atoms with Crippen LogP contribution >= 0.6 is 0 Å². The van der Waals surface area contributed by atoms with Crippen LogP contribution < -0.4 is 9.47 Å². The van der Waals surface area contributed by atoms with Crippen molar-refractivity contribution in [2.45, 2.75) is 76.7 Å². The summed E-state index contributed by atoms with van der Waals surface area (Å²) in [5.74, 6) is 1.40. The van der Waals surface area contributed by atoms with Crippen molar-refractivity contribution < 1.29 is 19.4 Å². The number of hydrogen-bond donors (Lipinski definition) is 1. The Morgan fingerprint density at radius 2 is 1.97 bits per heavy atom.